The number of hydrogen-bond acceptors (Lipinski definition) is 4. The third kappa shape index (κ3) is 9.03. The van der Waals surface area contributed by atoms with Crippen LogP contribution < -0.4 is 9.62 Å². The summed E-state index contributed by atoms with van der Waals surface area (Å²) in [6, 6.07) is 21.0. The number of amides is 2. The molecule has 0 aliphatic carbocycles. The number of unbranched alkanes of at least 4 members (excludes halogenated alkanes) is 1. The Morgan fingerprint density at radius 1 is 0.974 bits per heavy atom. The van der Waals surface area contributed by atoms with Gasteiger partial charge >= 0.3 is 0 Å². The lowest BCUT2D eigenvalue weighted by Gasteiger charge is -2.33. The van der Waals surface area contributed by atoms with E-state index in [-0.39, 0.29) is 24.4 Å². The third-order valence-corrected chi connectivity index (χ3v) is 8.05. The van der Waals surface area contributed by atoms with Crippen molar-refractivity contribution >= 4 is 50.1 Å². The molecule has 7 nitrogen and oxygen atoms in total. The molecule has 2 amide bonds. The molecule has 0 saturated heterocycles. The van der Waals surface area contributed by atoms with E-state index in [0.29, 0.717) is 12.2 Å². The van der Waals surface area contributed by atoms with Crippen LogP contribution in [0, 0.1) is 9.39 Å². The van der Waals surface area contributed by atoms with Crippen molar-refractivity contribution in [2.75, 3.05) is 23.7 Å². The highest BCUT2D eigenvalue weighted by molar-refractivity contribution is 14.1. The lowest BCUT2D eigenvalue weighted by Crippen LogP contribution is -2.53. The van der Waals surface area contributed by atoms with Crippen LogP contribution in [-0.4, -0.2) is 50.5 Å². The first-order chi connectivity index (χ1) is 18.6. The minimum absolute atomic E-state index is 0.182. The predicted molar refractivity (Wildman–Crippen MR) is 160 cm³/mol. The molecule has 0 heterocycles. The summed E-state index contributed by atoms with van der Waals surface area (Å²) in [5, 5.41) is 2.90. The van der Waals surface area contributed by atoms with Gasteiger partial charge in [-0.25, -0.2) is 12.8 Å². The molecule has 1 atom stereocenters. The van der Waals surface area contributed by atoms with Crippen molar-refractivity contribution < 1.29 is 22.4 Å². The van der Waals surface area contributed by atoms with E-state index in [1.807, 2.05) is 37.3 Å². The van der Waals surface area contributed by atoms with E-state index in [9.17, 15) is 22.4 Å². The molecule has 0 saturated carbocycles. The predicted octanol–water partition coefficient (Wildman–Crippen LogP) is 4.75. The third-order valence-electron chi connectivity index (χ3n) is 6.19. The molecule has 0 radical (unpaired) electrons. The molecule has 0 aromatic heterocycles. The molecule has 1 N–H and O–H groups in total. The second-order valence-electron chi connectivity index (χ2n) is 9.21. The maximum absolute atomic E-state index is 14.8. The highest BCUT2D eigenvalue weighted by Crippen LogP contribution is 2.22. The Morgan fingerprint density at radius 2 is 1.62 bits per heavy atom. The Hall–Kier alpha value is -2.99. The standard InChI is InChI=1S/C29H33FIN3O4S/c1-3-4-18-32-29(36)27(19-22-10-6-5-7-11-22)33(20-23-12-8-9-13-26(23)30)28(35)21-34(39(2,37)38)25-16-14-24(31)15-17-25/h5-17,27H,3-4,18-21H2,1-2H3,(H,32,36)/t27-/m0/s1. The Labute approximate surface area is 243 Å². The summed E-state index contributed by atoms with van der Waals surface area (Å²) >= 11 is 2.11. The van der Waals surface area contributed by atoms with Gasteiger partial charge in [-0.1, -0.05) is 61.9 Å². The molecule has 208 valence electrons. The van der Waals surface area contributed by atoms with Crippen LogP contribution in [0.2, 0.25) is 0 Å². The van der Waals surface area contributed by atoms with E-state index in [1.165, 1.54) is 11.0 Å². The number of halogens is 2. The molecule has 3 rings (SSSR count). The monoisotopic (exact) mass is 665 g/mol. The zero-order valence-electron chi connectivity index (χ0n) is 22.0. The van der Waals surface area contributed by atoms with Gasteiger partial charge in [-0.2, -0.15) is 0 Å². The number of nitrogens with one attached hydrogen (secondary N) is 1. The number of hydrogen-bond donors (Lipinski definition) is 1. The van der Waals surface area contributed by atoms with Gasteiger partial charge in [0.2, 0.25) is 21.8 Å². The van der Waals surface area contributed by atoms with Gasteiger partial charge in [0, 0.05) is 28.6 Å². The van der Waals surface area contributed by atoms with Crippen LogP contribution in [0.15, 0.2) is 78.9 Å². The molecule has 3 aromatic carbocycles. The van der Waals surface area contributed by atoms with Gasteiger partial charge in [0.25, 0.3) is 0 Å². The topological polar surface area (TPSA) is 86.8 Å². The normalized spacial score (nSPS) is 12.0. The maximum atomic E-state index is 14.8. The van der Waals surface area contributed by atoms with E-state index >= 15 is 0 Å². The average molecular weight is 666 g/mol. The van der Waals surface area contributed by atoms with Gasteiger partial charge in [0.1, 0.15) is 18.4 Å². The van der Waals surface area contributed by atoms with Crippen molar-refractivity contribution in [2.45, 2.75) is 38.8 Å². The molecule has 39 heavy (non-hydrogen) atoms. The zero-order chi connectivity index (χ0) is 28.4. The molecular formula is C29H33FIN3O4S. The van der Waals surface area contributed by atoms with Gasteiger partial charge in [0.15, 0.2) is 0 Å². The Morgan fingerprint density at radius 3 is 2.23 bits per heavy atom. The van der Waals surface area contributed by atoms with Gasteiger partial charge in [-0.3, -0.25) is 13.9 Å². The second-order valence-corrected chi connectivity index (χ2v) is 12.4. The quantitative estimate of drug-likeness (QED) is 0.211. The van der Waals surface area contributed by atoms with Crippen molar-refractivity contribution in [3.8, 4) is 0 Å². The summed E-state index contributed by atoms with van der Waals surface area (Å²) in [6.45, 7) is 1.70. The minimum atomic E-state index is -3.85. The number of sulfonamides is 1. The first kappa shape index (κ1) is 30.6. The summed E-state index contributed by atoms with van der Waals surface area (Å²) < 4.78 is 42.2. The highest BCUT2D eigenvalue weighted by atomic mass is 127. The Balaban J connectivity index is 2.03. The van der Waals surface area contributed by atoms with Gasteiger partial charge in [-0.15, -0.1) is 0 Å². The number of nitrogens with zero attached hydrogens (tertiary/aromatic N) is 2. The van der Waals surface area contributed by atoms with Crippen molar-refractivity contribution in [2.24, 2.45) is 0 Å². The molecule has 0 spiro atoms. The molecule has 10 heteroatoms. The number of anilines is 1. The summed E-state index contributed by atoms with van der Waals surface area (Å²) in [5.41, 5.74) is 1.37. The van der Waals surface area contributed by atoms with Crippen molar-refractivity contribution in [3.05, 3.63) is 99.4 Å². The van der Waals surface area contributed by atoms with Crippen LogP contribution in [0.25, 0.3) is 0 Å². The van der Waals surface area contributed by atoms with E-state index in [0.717, 1.165) is 32.5 Å². The molecule has 0 bridgehead atoms. The fourth-order valence-electron chi connectivity index (χ4n) is 4.09. The SMILES string of the molecule is CCCCNC(=O)[C@H](Cc1ccccc1)N(Cc1ccccc1F)C(=O)CN(c1ccc(I)cc1)S(C)(=O)=O. The fraction of sp³-hybridized carbons (Fsp3) is 0.310. The summed E-state index contributed by atoms with van der Waals surface area (Å²) in [5.74, 6) is -1.51. The van der Waals surface area contributed by atoms with Gasteiger partial charge in [0.05, 0.1) is 11.9 Å². The van der Waals surface area contributed by atoms with Crippen LogP contribution in [-0.2, 0) is 32.6 Å². The van der Waals surface area contributed by atoms with Gasteiger partial charge < -0.3 is 10.2 Å². The van der Waals surface area contributed by atoms with Crippen LogP contribution >= 0.6 is 22.6 Å². The first-order valence-corrected chi connectivity index (χ1v) is 15.6. The van der Waals surface area contributed by atoms with Crippen LogP contribution in [0.5, 0.6) is 0 Å². The summed E-state index contributed by atoms with van der Waals surface area (Å²) in [7, 11) is -3.85. The second kappa shape index (κ2) is 14.4. The van der Waals surface area contributed by atoms with E-state index < -0.39 is 34.3 Å². The van der Waals surface area contributed by atoms with Crippen molar-refractivity contribution in [1.29, 1.82) is 0 Å². The van der Waals surface area contributed by atoms with Crippen LogP contribution in [0.3, 0.4) is 0 Å². The minimum Gasteiger partial charge on any atom is -0.354 e. The number of benzene rings is 3. The first-order valence-electron chi connectivity index (χ1n) is 12.7. The maximum Gasteiger partial charge on any atom is 0.244 e. The number of carbonyl (C=O) groups is 2. The van der Waals surface area contributed by atoms with Crippen molar-refractivity contribution in [1.82, 2.24) is 10.2 Å². The van der Waals surface area contributed by atoms with Crippen LogP contribution in [0.4, 0.5) is 10.1 Å². The fourth-order valence-corrected chi connectivity index (χ4v) is 5.30. The highest BCUT2D eigenvalue weighted by Gasteiger charge is 2.33. The lowest BCUT2D eigenvalue weighted by atomic mass is 10.0. The molecular weight excluding hydrogens is 632 g/mol. The molecule has 0 unspecified atom stereocenters. The van der Waals surface area contributed by atoms with E-state index in [1.54, 1.807) is 42.5 Å². The van der Waals surface area contributed by atoms with E-state index in [2.05, 4.69) is 27.9 Å². The summed E-state index contributed by atoms with van der Waals surface area (Å²) in [6.07, 6.45) is 2.85. The van der Waals surface area contributed by atoms with E-state index in [4.69, 9.17) is 0 Å². The zero-order valence-corrected chi connectivity index (χ0v) is 25.0. The molecule has 0 aliphatic heterocycles. The van der Waals surface area contributed by atoms with Gasteiger partial charge in [-0.05, 0) is 64.9 Å². The van der Waals surface area contributed by atoms with Crippen molar-refractivity contribution in [3.63, 3.8) is 0 Å². The molecule has 0 aliphatic rings. The molecule has 0 fully saturated rings. The Bertz CT molecular complexity index is 1350. The largest absolute Gasteiger partial charge is 0.354 e. The summed E-state index contributed by atoms with van der Waals surface area (Å²) in [4.78, 5) is 28.7. The number of rotatable bonds is 13. The Kier molecular flexibility index (Phi) is 11.3. The van der Waals surface area contributed by atoms with Crippen LogP contribution in [0.1, 0.15) is 30.9 Å². The number of carbonyl (C=O) groups excluding carboxylic acids is 2. The average Bonchev–Trinajstić information content (AvgIpc) is 2.91. The smallest absolute Gasteiger partial charge is 0.244 e. The lowest BCUT2D eigenvalue weighted by molar-refractivity contribution is -0.140. The molecule has 3 aromatic rings.